The van der Waals surface area contributed by atoms with Crippen LogP contribution in [0.1, 0.15) is 38.9 Å². The molecule has 98 valence electrons. The summed E-state index contributed by atoms with van der Waals surface area (Å²) >= 11 is 0. The van der Waals surface area contributed by atoms with Gasteiger partial charge in [0.05, 0.1) is 11.9 Å². The molecule has 0 aromatic carbocycles. The van der Waals surface area contributed by atoms with Crippen LogP contribution in [-0.2, 0) is 16.0 Å². The van der Waals surface area contributed by atoms with Crippen LogP contribution >= 0.6 is 0 Å². The Hall–Kier alpha value is -0.980. The number of nitrogens with two attached hydrogens (primary N) is 1. The zero-order valence-electron chi connectivity index (χ0n) is 10.8. The molecule has 1 unspecified atom stereocenters. The van der Waals surface area contributed by atoms with Crippen molar-refractivity contribution < 1.29 is 9.47 Å². The van der Waals surface area contributed by atoms with Crippen LogP contribution in [0.3, 0.4) is 0 Å². The standard InChI is InChI=1S/C11H22N4O2/c1-4-7-15-9(8-13-14-15)10(12)11(16-5-2)17-6-3/h8,10-11H,4-7,12H2,1-3H3. The average molecular weight is 242 g/mol. The lowest BCUT2D eigenvalue weighted by Crippen LogP contribution is -2.33. The highest BCUT2D eigenvalue weighted by molar-refractivity contribution is 5.02. The topological polar surface area (TPSA) is 75.2 Å². The van der Waals surface area contributed by atoms with Crippen LogP contribution in [0.2, 0.25) is 0 Å². The smallest absolute Gasteiger partial charge is 0.178 e. The van der Waals surface area contributed by atoms with Crippen LogP contribution in [-0.4, -0.2) is 34.5 Å². The van der Waals surface area contributed by atoms with Crippen LogP contribution in [0.5, 0.6) is 0 Å². The molecule has 0 aliphatic heterocycles. The number of nitrogens with zero attached hydrogens (tertiary/aromatic N) is 3. The van der Waals surface area contributed by atoms with Gasteiger partial charge in [0, 0.05) is 19.8 Å². The molecule has 0 radical (unpaired) electrons. The van der Waals surface area contributed by atoms with Crippen molar-refractivity contribution in [2.24, 2.45) is 5.73 Å². The van der Waals surface area contributed by atoms with Crippen molar-refractivity contribution in [3.63, 3.8) is 0 Å². The van der Waals surface area contributed by atoms with Crippen LogP contribution in [0.4, 0.5) is 0 Å². The number of hydrogen-bond acceptors (Lipinski definition) is 5. The van der Waals surface area contributed by atoms with E-state index < -0.39 is 6.29 Å². The number of rotatable bonds is 8. The van der Waals surface area contributed by atoms with Crippen molar-refractivity contribution >= 4 is 0 Å². The number of aromatic nitrogens is 3. The van der Waals surface area contributed by atoms with Gasteiger partial charge < -0.3 is 15.2 Å². The van der Waals surface area contributed by atoms with Crippen molar-refractivity contribution in [1.82, 2.24) is 15.0 Å². The normalized spacial score (nSPS) is 13.2. The molecule has 0 saturated carbocycles. The van der Waals surface area contributed by atoms with Gasteiger partial charge in [-0.15, -0.1) is 5.10 Å². The third-order valence-corrected chi connectivity index (χ3v) is 2.38. The van der Waals surface area contributed by atoms with E-state index in [2.05, 4.69) is 17.2 Å². The Morgan fingerprint density at radius 3 is 2.47 bits per heavy atom. The van der Waals surface area contributed by atoms with E-state index in [1.54, 1.807) is 10.9 Å². The van der Waals surface area contributed by atoms with E-state index in [4.69, 9.17) is 15.2 Å². The van der Waals surface area contributed by atoms with E-state index >= 15 is 0 Å². The molecule has 0 bridgehead atoms. The second kappa shape index (κ2) is 7.37. The van der Waals surface area contributed by atoms with Gasteiger partial charge in [-0.1, -0.05) is 12.1 Å². The van der Waals surface area contributed by atoms with Crippen LogP contribution in [0.25, 0.3) is 0 Å². The first-order valence-electron chi connectivity index (χ1n) is 6.11. The lowest BCUT2D eigenvalue weighted by atomic mass is 10.2. The van der Waals surface area contributed by atoms with Gasteiger partial charge in [0.15, 0.2) is 6.29 Å². The zero-order valence-corrected chi connectivity index (χ0v) is 10.8. The molecule has 6 nitrogen and oxygen atoms in total. The maximum Gasteiger partial charge on any atom is 0.178 e. The van der Waals surface area contributed by atoms with Gasteiger partial charge in [-0.3, -0.25) is 0 Å². The molecule has 1 atom stereocenters. The third-order valence-electron chi connectivity index (χ3n) is 2.38. The van der Waals surface area contributed by atoms with Crippen molar-refractivity contribution in [2.75, 3.05) is 13.2 Å². The van der Waals surface area contributed by atoms with E-state index in [9.17, 15) is 0 Å². The van der Waals surface area contributed by atoms with Gasteiger partial charge in [-0.05, 0) is 20.3 Å². The summed E-state index contributed by atoms with van der Waals surface area (Å²) in [5.74, 6) is 0. The largest absolute Gasteiger partial charge is 0.351 e. The van der Waals surface area contributed by atoms with Crippen molar-refractivity contribution in [3.05, 3.63) is 11.9 Å². The van der Waals surface area contributed by atoms with E-state index in [1.807, 2.05) is 13.8 Å². The molecule has 1 heterocycles. The summed E-state index contributed by atoms with van der Waals surface area (Å²) in [6, 6.07) is -0.364. The summed E-state index contributed by atoms with van der Waals surface area (Å²) in [5, 5.41) is 7.89. The van der Waals surface area contributed by atoms with Crippen LogP contribution in [0, 0.1) is 0 Å². The first-order chi connectivity index (χ1) is 8.24. The minimum atomic E-state index is -0.445. The monoisotopic (exact) mass is 242 g/mol. The van der Waals surface area contributed by atoms with Crippen LogP contribution < -0.4 is 5.73 Å². The fourth-order valence-electron chi connectivity index (χ4n) is 1.63. The van der Waals surface area contributed by atoms with E-state index in [0.717, 1.165) is 18.7 Å². The average Bonchev–Trinajstić information content (AvgIpc) is 2.77. The minimum absolute atomic E-state index is 0.364. The van der Waals surface area contributed by atoms with Gasteiger partial charge in [0.2, 0.25) is 0 Å². The summed E-state index contributed by atoms with van der Waals surface area (Å²) < 4.78 is 12.8. The Bertz CT molecular complexity index is 310. The fourth-order valence-corrected chi connectivity index (χ4v) is 1.63. The first-order valence-corrected chi connectivity index (χ1v) is 6.11. The molecule has 1 rings (SSSR count). The van der Waals surface area contributed by atoms with Gasteiger partial charge in [0.1, 0.15) is 6.04 Å². The predicted molar refractivity (Wildman–Crippen MR) is 64.3 cm³/mol. The highest BCUT2D eigenvalue weighted by Gasteiger charge is 2.23. The lowest BCUT2D eigenvalue weighted by Gasteiger charge is -2.23. The summed E-state index contributed by atoms with van der Waals surface area (Å²) in [6.07, 6.45) is 2.21. The second-order valence-corrected chi connectivity index (χ2v) is 3.69. The molecule has 0 aliphatic rings. The summed E-state index contributed by atoms with van der Waals surface area (Å²) in [6.45, 7) is 7.84. The Morgan fingerprint density at radius 1 is 1.29 bits per heavy atom. The molecular formula is C11H22N4O2. The fraction of sp³-hybridized carbons (Fsp3) is 0.818. The van der Waals surface area contributed by atoms with Gasteiger partial charge in [0.25, 0.3) is 0 Å². The highest BCUT2D eigenvalue weighted by atomic mass is 16.7. The molecule has 0 saturated heterocycles. The van der Waals surface area contributed by atoms with E-state index in [0.29, 0.717) is 13.2 Å². The molecule has 17 heavy (non-hydrogen) atoms. The number of aryl methyl sites for hydroxylation is 1. The van der Waals surface area contributed by atoms with Crippen LogP contribution in [0.15, 0.2) is 6.20 Å². The molecule has 0 amide bonds. The SMILES string of the molecule is CCCn1nncc1C(N)C(OCC)OCC. The van der Waals surface area contributed by atoms with Gasteiger partial charge in [-0.25, -0.2) is 4.68 Å². The molecule has 0 spiro atoms. The molecule has 1 aromatic heterocycles. The van der Waals surface area contributed by atoms with Crippen molar-refractivity contribution in [3.8, 4) is 0 Å². The highest BCUT2D eigenvalue weighted by Crippen LogP contribution is 2.17. The van der Waals surface area contributed by atoms with Gasteiger partial charge >= 0.3 is 0 Å². The molecule has 0 aliphatic carbocycles. The second-order valence-electron chi connectivity index (χ2n) is 3.69. The number of ether oxygens (including phenoxy) is 2. The molecule has 6 heteroatoms. The van der Waals surface area contributed by atoms with Crippen molar-refractivity contribution in [2.45, 2.75) is 46.1 Å². The quantitative estimate of drug-likeness (QED) is 0.690. The predicted octanol–water partition coefficient (Wildman–Crippen LogP) is 1.09. The van der Waals surface area contributed by atoms with Gasteiger partial charge in [-0.2, -0.15) is 0 Å². The Labute approximate surface area is 102 Å². The number of hydrogen-bond donors (Lipinski definition) is 1. The van der Waals surface area contributed by atoms with E-state index in [-0.39, 0.29) is 6.04 Å². The zero-order chi connectivity index (χ0) is 12.7. The first kappa shape index (κ1) is 14.1. The summed E-state index contributed by atoms with van der Waals surface area (Å²) in [4.78, 5) is 0. The Balaban J connectivity index is 2.76. The Kier molecular flexibility index (Phi) is 6.10. The molecule has 0 fully saturated rings. The molecular weight excluding hydrogens is 220 g/mol. The Morgan fingerprint density at radius 2 is 1.94 bits per heavy atom. The van der Waals surface area contributed by atoms with E-state index in [1.165, 1.54) is 0 Å². The lowest BCUT2D eigenvalue weighted by molar-refractivity contribution is -0.150. The summed E-state index contributed by atoms with van der Waals surface area (Å²) in [7, 11) is 0. The minimum Gasteiger partial charge on any atom is -0.351 e. The third kappa shape index (κ3) is 3.76. The maximum atomic E-state index is 6.14. The van der Waals surface area contributed by atoms with Crippen molar-refractivity contribution in [1.29, 1.82) is 0 Å². The summed E-state index contributed by atoms with van der Waals surface area (Å²) in [5.41, 5.74) is 6.98. The maximum absolute atomic E-state index is 6.14. The molecule has 2 N–H and O–H groups in total. The molecule has 1 aromatic rings.